The maximum Gasteiger partial charge on any atom is 0.329 e. The first-order chi connectivity index (χ1) is 9.63. The molecule has 1 rings (SSSR count). The average Bonchev–Trinajstić information content (AvgIpc) is 2.86. The number of hydrogen-bond acceptors (Lipinski definition) is 5. The molecule has 2 atom stereocenters. The molecule has 0 radical (unpaired) electrons. The highest BCUT2D eigenvalue weighted by Crippen LogP contribution is 2.23. The summed E-state index contributed by atoms with van der Waals surface area (Å²) in [6, 6.07) is 1.09. The lowest BCUT2D eigenvalue weighted by Gasteiger charge is -2.22. The zero-order valence-corrected chi connectivity index (χ0v) is 11.7. The van der Waals surface area contributed by atoms with Gasteiger partial charge < -0.3 is 14.4 Å². The van der Waals surface area contributed by atoms with E-state index in [0.29, 0.717) is 32.4 Å². The Hall–Kier alpha value is -1.87. The summed E-state index contributed by atoms with van der Waals surface area (Å²) in [4.78, 5) is 25.5. The van der Waals surface area contributed by atoms with Gasteiger partial charge in [0.25, 0.3) is 0 Å². The smallest absolute Gasteiger partial charge is 0.329 e. The molecule has 110 valence electrons. The van der Waals surface area contributed by atoms with E-state index in [1.807, 2.05) is 6.92 Å². The molecule has 20 heavy (non-hydrogen) atoms. The van der Waals surface area contributed by atoms with E-state index in [2.05, 4.69) is 6.58 Å². The number of amides is 1. The molecule has 1 amide bonds. The Labute approximate surface area is 118 Å². The summed E-state index contributed by atoms with van der Waals surface area (Å²) < 4.78 is 10.3. The third-order valence-electron chi connectivity index (χ3n) is 3.10. The molecule has 1 fully saturated rings. The largest absolute Gasteiger partial charge is 0.449 e. The normalized spacial score (nSPS) is 21.3. The van der Waals surface area contributed by atoms with Crippen molar-refractivity contribution < 1.29 is 19.1 Å². The minimum Gasteiger partial charge on any atom is -0.449 e. The number of carbonyl (C=O) groups is 2. The van der Waals surface area contributed by atoms with Crippen LogP contribution in [0.25, 0.3) is 0 Å². The van der Waals surface area contributed by atoms with Crippen LogP contribution in [0.4, 0.5) is 0 Å². The van der Waals surface area contributed by atoms with Gasteiger partial charge in [0.1, 0.15) is 12.1 Å². The second kappa shape index (κ2) is 8.33. The zero-order chi connectivity index (χ0) is 15.0. The number of carbonyl (C=O) groups excluding carboxylic acids is 2. The summed E-state index contributed by atoms with van der Waals surface area (Å²) in [6.45, 7) is 6.05. The molecule has 2 unspecified atom stereocenters. The summed E-state index contributed by atoms with van der Waals surface area (Å²) in [6.07, 6.45) is 2.79. The molecule has 0 saturated carbocycles. The molecular formula is C14H20N2O4. The predicted octanol–water partition coefficient (Wildman–Crippen LogP) is 1.03. The lowest BCUT2D eigenvalue weighted by Crippen LogP contribution is -2.41. The molecule has 0 aliphatic carbocycles. The van der Waals surface area contributed by atoms with Crippen LogP contribution in [0.1, 0.15) is 26.2 Å². The van der Waals surface area contributed by atoms with Crippen molar-refractivity contribution in [3.05, 3.63) is 12.7 Å². The third kappa shape index (κ3) is 4.35. The molecule has 1 saturated heterocycles. The van der Waals surface area contributed by atoms with E-state index in [9.17, 15) is 9.59 Å². The molecular weight excluding hydrogens is 260 g/mol. The molecule has 0 bridgehead atoms. The molecule has 0 spiro atoms. The minimum atomic E-state index is -0.655. The molecule has 0 aromatic heterocycles. The second-order valence-corrected chi connectivity index (χ2v) is 4.47. The van der Waals surface area contributed by atoms with Gasteiger partial charge in [-0.3, -0.25) is 4.79 Å². The second-order valence-electron chi connectivity index (χ2n) is 4.47. The highest BCUT2D eigenvalue weighted by Gasteiger charge is 2.40. The van der Waals surface area contributed by atoms with Gasteiger partial charge in [-0.15, -0.1) is 6.58 Å². The van der Waals surface area contributed by atoms with E-state index in [4.69, 9.17) is 14.7 Å². The fraction of sp³-hybridized carbons (Fsp3) is 0.643. The van der Waals surface area contributed by atoms with Gasteiger partial charge >= 0.3 is 5.97 Å². The van der Waals surface area contributed by atoms with E-state index >= 15 is 0 Å². The molecule has 1 heterocycles. The van der Waals surface area contributed by atoms with Crippen LogP contribution in [0.15, 0.2) is 12.7 Å². The SMILES string of the molecule is C=CCCC(=O)N1CC(OCC)CC1C(=O)OCC#N. The van der Waals surface area contributed by atoms with Crippen molar-refractivity contribution in [1.82, 2.24) is 4.90 Å². The number of hydrogen-bond donors (Lipinski definition) is 0. The van der Waals surface area contributed by atoms with Gasteiger partial charge in [0.15, 0.2) is 6.61 Å². The Morgan fingerprint density at radius 3 is 2.90 bits per heavy atom. The first-order valence-electron chi connectivity index (χ1n) is 6.69. The van der Waals surface area contributed by atoms with Crippen molar-refractivity contribution in [2.75, 3.05) is 19.8 Å². The van der Waals surface area contributed by atoms with Crippen LogP contribution in [-0.2, 0) is 19.1 Å². The number of nitriles is 1. The van der Waals surface area contributed by atoms with E-state index in [-0.39, 0.29) is 18.6 Å². The van der Waals surface area contributed by atoms with Gasteiger partial charge in [0.05, 0.1) is 6.10 Å². The van der Waals surface area contributed by atoms with Gasteiger partial charge in [0.2, 0.25) is 5.91 Å². The molecule has 1 aliphatic rings. The number of esters is 1. The van der Waals surface area contributed by atoms with Crippen molar-refractivity contribution in [3.63, 3.8) is 0 Å². The van der Waals surface area contributed by atoms with Gasteiger partial charge in [-0.05, 0) is 13.3 Å². The van der Waals surface area contributed by atoms with Crippen LogP contribution < -0.4 is 0 Å². The lowest BCUT2D eigenvalue weighted by atomic mass is 10.2. The Bertz CT molecular complexity index is 402. The highest BCUT2D eigenvalue weighted by molar-refractivity contribution is 5.85. The Morgan fingerprint density at radius 1 is 1.55 bits per heavy atom. The third-order valence-corrected chi connectivity index (χ3v) is 3.10. The van der Waals surface area contributed by atoms with Crippen molar-refractivity contribution in [1.29, 1.82) is 5.26 Å². The van der Waals surface area contributed by atoms with Gasteiger partial charge in [-0.2, -0.15) is 5.26 Å². The predicted molar refractivity (Wildman–Crippen MR) is 71.5 cm³/mol. The number of nitrogens with zero attached hydrogens (tertiary/aromatic N) is 2. The van der Waals surface area contributed by atoms with Crippen LogP contribution in [0.3, 0.4) is 0 Å². The Kier molecular flexibility index (Phi) is 6.74. The zero-order valence-electron chi connectivity index (χ0n) is 11.7. The van der Waals surface area contributed by atoms with Crippen LogP contribution in [-0.4, -0.2) is 48.7 Å². The van der Waals surface area contributed by atoms with Crippen LogP contribution >= 0.6 is 0 Å². The topological polar surface area (TPSA) is 79.6 Å². The molecule has 6 nitrogen and oxygen atoms in total. The Balaban J connectivity index is 2.70. The molecule has 0 aromatic rings. The Morgan fingerprint density at radius 2 is 2.30 bits per heavy atom. The monoisotopic (exact) mass is 280 g/mol. The maximum absolute atomic E-state index is 12.1. The molecule has 0 aromatic carbocycles. The number of allylic oxidation sites excluding steroid dienone is 1. The minimum absolute atomic E-state index is 0.119. The van der Waals surface area contributed by atoms with Gasteiger partial charge in [0, 0.05) is 26.0 Å². The van der Waals surface area contributed by atoms with Crippen molar-refractivity contribution in [2.24, 2.45) is 0 Å². The number of ether oxygens (including phenoxy) is 2. The number of rotatable bonds is 7. The first-order valence-corrected chi connectivity index (χ1v) is 6.69. The summed E-state index contributed by atoms with van der Waals surface area (Å²) in [7, 11) is 0. The average molecular weight is 280 g/mol. The van der Waals surface area contributed by atoms with Gasteiger partial charge in [-0.1, -0.05) is 6.08 Å². The lowest BCUT2D eigenvalue weighted by molar-refractivity contribution is -0.152. The highest BCUT2D eigenvalue weighted by atomic mass is 16.5. The van der Waals surface area contributed by atoms with Crippen molar-refractivity contribution >= 4 is 11.9 Å². The van der Waals surface area contributed by atoms with E-state index in [0.717, 1.165) is 0 Å². The molecule has 1 aliphatic heterocycles. The molecule has 6 heteroatoms. The summed E-state index contributed by atoms with van der Waals surface area (Å²) in [5.41, 5.74) is 0. The summed E-state index contributed by atoms with van der Waals surface area (Å²) in [5.74, 6) is -0.660. The quantitative estimate of drug-likeness (QED) is 0.514. The fourth-order valence-corrected chi connectivity index (χ4v) is 2.22. The molecule has 0 N–H and O–H groups in total. The van der Waals surface area contributed by atoms with Crippen LogP contribution in [0, 0.1) is 11.3 Å². The van der Waals surface area contributed by atoms with E-state index in [1.54, 1.807) is 12.1 Å². The van der Waals surface area contributed by atoms with Gasteiger partial charge in [-0.25, -0.2) is 4.79 Å². The van der Waals surface area contributed by atoms with Crippen LogP contribution in [0.2, 0.25) is 0 Å². The maximum atomic E-state index is 12.1. The van der Waals surface area contributed by atoms with Crippen molar-refractivity contribution in [3.8, 4) is 6.07 Å². The standard InChI is InChI=1S/C14H20N2O4/c1-3-5-6-13(17)16-10-11(19-4-2)9-12(16)14(18)20-8-7-15/h3,11-12H,1,4-6,8-10H2,2H3. The number of likely N-dealkylation sites (tertiary alicyclic amines) is 1. The summed E-state index contributed by atoms with van der Waals surface area (Å²) >= 11 is 0. The summed E-state index contributed by atoms with van der Waals surface area (Å²) in [5, 5.41) is 8.44. The van der Waals surface area contributed by atoms with E-state index < -0.39 is 12.0 Å². The van der Waals surface area contributed by atoms with E-state index in [1.165, 1.54) is 4.90 Å². The fourth-order valence-electron chi connectivity index (χ4n) is 2.22. The van der Waals surface area contributed by atoms with Crippen LogP contribution in [0.5, 0.6) is 0 Å². The first kappa shape index (κ1) is 16.2. The van der Waals surface area contributed by atoms with Crippen molar-refractivity contribution in [2.45, 2.75) is 38.3 Å².